The number of carbonyl (C=O) groups excluding carboxylic acids is 1. The number of benzene rings is 4. The first-order valence-corrected chi connectivity index (χ1v) is 13.8. The Morgan fingerprint density at radius 3 is 2.60 bits per heavy atom. The van der Waals surface area contributed by atoms with Crippen molar-refractivity contribution in [1.29, 1.82) is 0 Å². The van der Waals surface area contributed by atoms with E-state index in [0.29, 0.717) is 44.9 Å². The first-order valence-electron chi connectivity index (χ1n) is 13.8. The van der Waals surface area contributed by atoms with Crippen LogP contribution >= 0.6 is 0 Å². The minimum absolute atomic E-state index is 0.285. The molecule has 1 aliphatic heterocycles. The predicted molar refractivity (Wildman–Crippen MR) is 163 cm³/mol. The van der Waals surface area contributed by atoms with E-state index in [0.717, 1.165) is 28.4 Å². The summed E-state index contributed by atoms with van der Waals surface area (Å²) in [5.41, 5.74) is 10.2. The van der Waals surface area contributed by atoms with Crippen LogP contribution in [-0.2, 0) is 4.79 Å². The quantitative estimate of drug-likeness (QED) is 0.221. The Morgan fingerprint density at radius 1 is 0.977 bits per heavy atom. The Balaban J connectivity index is 1.44. The smallest absolute Gasteiger partial charge is 0.164 e. The van der Waals surface area contributed by atoms with Crippen molar-refractivity contribution in [2.75, 3.05) is 12.8 Å². The Hall–Kier alpha value is -5.57. The summed E-state index contributed by atoms with van der Waals surface area (Å²) in [7, 11) is 1.64. The van der Waals surface area contributed by atoms with Crippen LogP contribution in [0, 0.1) is 5.82 Å². The average Bonchev–Trinajstić information content (AvgIpc) is 3.44. The van der Waals surface area contributed by atoms with Crippen LogP contribution in [0.4, 0.5) is 10.2 Å². The van der Waals surface area contributed by atoms with E-state index >= 15 is 0 Å². The van der Waals surface area contributed by atoms with E-state index in [1.165, 1.54) is 18.5 Å². The van der Waals surface area contributed by atoms with E-state index in [2.05, 4.69) is 9.97 Å². The van der Waals surface area contributed by atoms with Gasteiger partial charge in [-0.1, -0.05) is 48.5 Å². The minimum atomic E-state index is -0.678. The lowest BCUT2D eigenvalue weighted by atomic mass is 9.83. The van der Waals surface area contributed by atoms with Crippen LogP contribution in [0.1, 0.15) is 30.0 Å². The number of fused-ring (bicyclic) bond motifs is 3. The number of aromatic nitrogens is 4. The molecule has 2 unspecified atom stereocenters. The number of hydrogen-bond acceptors (Lipinski definition) is 7. The van der Waals surface area contributed by atoms with Gasteiger partial charge in [0.15, 0.2) is 5.65 Å². The highest BCUT2D eigenvalue weighted by molar-refractivity contribution is 6.00. The Labute approximate surface area is 246 Å². The fourth-order valence-electron chi connectivity index (χ4n) is 5.82. The Morgan fingerprint density at radius 2 is 1.79 bits per heavy atom. The SMILES string of the molecule is COc1ccc2cc(-c3nn(C(C)C4=C(c5cccc(F)c5)C(C=O)c5ccccc5O4)c4ncnc(N)c34)ccc2c1. The van der Waals surface area contributed by atoms with Crippen LogP contribution in [0.2, 0.25) is 0 Å². The number of halogens is 1. The van der Waals surface area contributed by atoms with Crippen molar-refractivity contribution in [3.63, 3.8) is 0 Å². The fourth-order valence-corrected chi connectivity index (χ4v) is 5.82. The highest BCUT2D eigenvalue weighted by Crippen LogP contribution is 2.46. The number of nitrogen functional groups attached to an aromatic ring is 1. The van der Waals surface area contributed by atoms with Gasteiger partial charge < -0.3 is 20.0 Å². The third-order valence-corrected chi connectivity index (χ3v) is 7.91. The summed E-state index contributed by atoms with van der Waals surface area (Å²) in [5.74, 6) is 0.974. The predicted octanol–water partition coefficient (Wildman–Crippen LogP) is 6.72. The van der Waals surface area contributed by atoms with Crippen molar-refractivity contribution in [2.24, 2.45) is 0 Å². The molecule has 0 radical (unpaired) electrons. The van der Waals surface area contributed by atoms with Crippen LogP contribution in [0.15, 0.2) is 97.0 Å². The number of ether oxygens (including phenoxy) is 2. The maximum absolute atomic E-state index is 14.5. The number of para-hydroxylation sites is 1. The number of methoxy groups -OCH3 is 1. The molecule has 0 saturated heterocycles. The van der Waals surface area contributed by atoms with E-state index in [4.69, 9.17) is 20.3 Å². The lowest BCUT2D eigenvalue weighted by Gasteiger charge is -2.31. The number of nitrogens with two attached hydrogens (primary N) is 1. The highest BCUT2D eigenvalue weighted by Gasteiger charge is 2.35. The summed E-state index contributed by atoms with van der Waals surface area (Å²) in [6.07, 6.45) is 2.26. The van der Waals surface area contributed by atoms with Crippen LogP contribution in [0.5, 0.6) is 11.5 Å². The Kier molecular flexibility index (Phi) is 6.35. The molecule has 7 rings (SSSR count). The lowest BCUT2D eigenvalue weighted by molar-refractivity contribution is -0.108. The van der Waals surface area contributed by atoms with Crippen LogP contribution < -0.4 is 15.2 Å². The number of rotatable bonds is 6. The van der Waals surface area contributed by atoms with Gasteiger partial charge >= 0.3 is 0 Å². The maximum atomic E-state index is 14.5. The first kappa shape index (κ1) is 26.3. The van der Waals surface area contributed by atoms with Gasteiger partial charge in [0.1, 0.15) is 53.2 Å². The molecule has 9 heteroatoms. The monoisotopic (exact) mass is 571 g/mol. The molecule has 8 nitrogen and oxygen atoms in total. The van der Waals surface area contributed by atoms with Crippen molar-refractivity contribution in [3.05, 3.63) is 114 Å². The number of aldehydes is 1. The molecule has 1 aliphatic rings. The molecule has 0 spiro atoms. The van der Waals surface area contributed by atoms with E-state index in [1.54, 1.807) is 23.9 Å². The first-order chi connectivity index (χ1) is 21.0. The van der Waals surface area contributed by atoms with Crippen LogP contribution in [0.3, 0.4) is 0 Å². The summed E-state index contributed by atoms with van der Waals surface area (Å²) in [4.78, 5) is 21.5. The Bertz CT molecular complexity index is 2090. The summed E-state index contributed by atoms with van der Waals surface area (Å²) in [6.45, 7) is 1.91. The van der Waals surface area contributed by atoms with Crippen molar-refractivity contribution in [3.8, 4) is 22.8 Å². The second-order valence-electron chi connectivity index (χ2n) is 10.4. The molecule has 0 amide bonds. The van der Waals surface area contributed by atoms with E-state index in [-0.39, 0.29) is 5.82 Å². The molecular weight excluding hydrogens is 545 g/mol. The summed E-state index contributed by atoms with van der Waals surface area (Å²) < 4.78 is 28.1. The van der Waals surface area contributed by atoms with Crippen molar-refractivity contribution in [2.45, 2.75) is 18.9 Å². The summed E-state index contributed by atoms with van der Waals surface area (Å²) in [6, 6.07) is 24.8. The largest absolute Gasteiger partial charge is 0.497 e. The number of carbonyl (C=O) groups is 1. The summed E-state index contributed by atoms with van der Waals surface area (Å²) >= 11 is 0. The van der Waals surface area contributed by atoms with E-state index < -0.39 is 17.8 Å². The van der Waals surface area contributed by atoms with E-state index in [9.17, 15) is 9.18 Å². The molecule has 0 aliphatic carbocycles. The number of allylic oxidation sites excluding steroid dienone is 2. The topological polar surface area (TPSA) is 105 Å². The molecule has 2 N–H and O–H groups in total. The molecule has 212 valence electrons. The normalized spacial score (nSPS) is 15.3. The van der Waals surface area contributed by atoms with Gasteiger partial charge in [-0.3, -0.25) is 0 Å². The third-order valence-electron chi connectivity index (χ3n) is 7.91. The molecule has 2 atom stereocenters. The zero-order chi connectivity index (χ0) is 29.7. The molecule has 0 saturated carbocycles. The molecular formula is C34H26FN5O3. The van der Waals surface area contributed by atoms with Gasteiger partial charge in [-0.25, -0.2) is 19.0 Å². The maximum Gasteiger partial charge on any atom is 0.164 e. The average molecular weight is 572 g/mol. The second kappa shape index (κ2) is 10.4. The minimum Gasteiger partial charge on any atom is -0.497 e. The van der Waals surface area contributed by atoms with Gasteiger partial charge in [0.2, 0.25) is 0 Å². The molecule has 6 aromatic rings. The molecule has 0 bridgehead atoms. The second-order valence-corrected chi connectivity index (χ2v) is 10.4. The lowest BCUT2D eigenvalue weighted by Crippen LogP contribution is -2.23. The fraction of sp³-hybridized carbons (Fsp3) is 0.118. The molecule has 4 aromatic carbocycles. The van der Waals surface area contributed by atoms with Crippen LogP contribution in [-0.4, -0.2) is 33.1 Å². The molecule has 0 fully saturated rings. The number of hydrogen-bond donors (Lipinski definition) is 1. The molecule has 2 aromatic heterocycles. The standard InChI is InChI=1S/C34H26FN5O3/c1-19(32-29(22-6-5-7-24(35)15-22)27(17-41)26-8-3-4-9-28(26)43-32)40-34-30(33(36)37-18-38-34)31(39-40)23-11-10-21-16-25(42-2)13-12-20(21)14-23/h3-19,27H,1-2H3,(H2,36,37,38). The van der Waals surface area contributed by atoms with Crippen molar-refractivity contribution >= 4 is 39.5 Å². The van der Waals surface area contributed by atoms with Gasteiger partial charge in [-0.05, 0) is 59.7 Å². The van der Waals surface area contributed by atoms with Gasteiger partial charge in [0, 0.05) is 16.7 Å². The van der Waals surface area contributed by atoms with E-state index in [1.807, 2.05) is 67.6 Å². The number of anilines is 1. The third kappa shape index (κ3) is 4.37. The summed E-state index contributed by atoms with van der Waals surface area (Å²) in [5, 5.41) is 7.64. The van der Waals surface area contributed by atoms with Gasteiger partial charge in [-0.15, -0.1) is 0 Å². The zero-order valence-electron chi connectivity index (χ0n) is 23.4. The van der Waals surface area contributed by atoms with Crippen molar-refractivity contribution in [1.82, 2.24) is 19.7 Å². The van der Waals surface area contributed by atoms with Crippen molar-refractivity contribution < 1.29 is 18.7 Å². The van der Waals surface area contributed by atoms with Gasteiger partial charge in [-0.2, -0.15) is 5.10 Å². The number of nitrogens with zero attached hydrogens (tertiary/aromatic N) is 4. The van der Waals surface area contributed by atoms with Gasteiger partial charge in [0.05, 0.1) is 18.4 Å². The molecule has 43 heavy (non-hydrogen) atoms. The van der Waals surface area contributed by atoms with Gasteiger partial charge in [0.25, 0.3) is 0 Å². The molecule has 3 heterocycles. The highest BCUT2D eigenvalue weighted by atomic mass is 19.1. The zero-order valence-corrected chi connectivity index (χ0v) is 23.4. The van der Waals surface area contributed by atoms with Crippen LogP contribution in [0.25, 0.3) is 38.6 Å².